The van der Waals surface area contributed by atoms with Gasteiger partial charge in [0.25, 0.3) is 5.91 Å². The number of carbonyl (C=O) groups excluding carboxylic acids is 2. The van der Waals surface area contributed by atoms with E-state index in [0.29, 0.717) is 18.4 Å². The topological polar surface area (TPSA) is 78.4 Å². The van der Waals surface area contributed by atoms with Crippen LogP contribution in [0.5, 0.6) is 0 Å². The lowest BCUT2D eigenvalue weighted by Crippen LogP contribution is -2.30. The number of amides is 2. The second-order valence-electron chi connectivity index (χ2n) is 4.48. The maximum absolute atomic E-state index is 11.8. The van der Waals surface area contributed by atoms with Crippen LogP contribution in [0.4, 0.5) is 5.69 Å². The molecule has 1 aliphatic rings. The minimum Gasteiger partial charge on any atom is -0.392 e. The van der Waals surface area contributed by atoms with Crippen molar-refractivity contribution < 1.29 is 14.7 Å². The number of aliphatic hydroxyl groups excluding tert-OH is 1. The average Bonchev–Trinajstić information content (AvgIpc) is 2.35. The van der Waals surface area contributed by atoms with Crippen LogP contribution in [-0.4, -0.2) is 29.6 Å². The van der Waals surface area contributed by atoms with E-state index < -0.39 is 6.10 Å². The summed E-state index contributed by atoms with van der Waals surface area (Å²) >= 11 is 0. The first-order valence-electron chi connectivity index (χ1n) is 5.95. The molecule has 18 heavy (non-hydrogen) atoms. The molecule has 0 radical (unpaired) electrons. The number of rotatable bonds is 3. The van der Waals surface area contributed by atoms with Crippen molar-refractivity contribution in [1.29, 1.82) is 0 Å². The van der Waals surface area contributed by atoms with Crippen LogP contribution < -0.4 is 10.6 Å². The maximum Gasteiger partial charge on any atom is 0.251 e. The number of hydrogen-bond acceptors (Lipinski definition) is 3. The highest BCUT2D eigenvalue weighted by Gasteiger charge is 2.16. The van der Waals surface area contributed by atoms with Gasteiger partial charge in [-0.05, 0) is 37.1 Å². The zero-order valence-electron chi connectivity index (χ0n) is 10.2. The number of carbonyl (C=O) groups is 2. The molecular formula is C13H16N2O3. The number of aliphatic hydroxyl groups is 1. The SMILES string of the molecule is C[C@H](O)CNC(=O)c1ccc2c(c1)CCC(=O)N2. The zero-order chi connectivity index (χ0) is 13.1. The first-order chi connectivity index (χ1) is 8.56. The van der Waals surface area contributed by atoms with Gasteiger partial charge in [0.2, 0.25) is 5.91 Å². The lowest BCUT2D eigenvalue weighted by molar-refractivity contribution is -0.116. The van der Waals surface area contributed by atoms with E-state index in [-0.39, 0.29) is 18.4 Å². The Labute approximate surface area is 105 Å². The summed E-state index contributed by atoms with van der Waals surface area (Å²) in [6.45, 7) is 1.84. The molecule has 2 rings (SSSR count). The van der Waals surface area contributed by atoms with Gasteiger partial charge in [0.05, 0.1) is 6.10 Å². The average molecular weight is 248 g/mol. The maximum atomic E-state index is 11.8. The molecule has 1 heterocycles. The van der Waals surface area contributed by atoms with Crippen LogP contribution in [0.1, 0.15) is 29.3 Å². The van der Waals surface area contributed by atoms with Crippen LogP contribution in [0.25, 0.3) is 0 Å². The Hall–Kier alpha value is -1.88. The molecule has 2 amide bonds. The Morgan fingerprint density at radius 3 is 3.00 bits per heavy atom. The van der Waals surface area contributed by atoms with Gasteiger partial charge in [-0.3, -0.25) is 9.59 Å². The molecule has 0 bridgehead atoms. The zero-order valence-corrected chi connectivity index (χ0v) is 10.2. The number of fused-ring (bicyclic) bond motifs is 1. The van der Waals surface area contributed by atoms with Gasteiger partial charge in [0.15, 0.2) is 0 Å². The molecule has 1 aromatic carbocycles. The highest BCUT2D eigenvalue weighted by molar-refractivity contribution is 5.97. The lowest BCUT2D eigenvalue weighted by Gasteiger charge is -2.17. The van der Waals surface area contributed by atoms with Crippen LogP contribution >= 0.6 is 0 Å². The molecule has 0 aliphatic carbocycles. The molecule has 0 spiro atoms. The van der Waals surface area contributed by atoms with Gasteiger partial charge in [0, 0.05) is 24.2 Å². The Kier molecular flexibility index (Phi) is 3.62. The number of benzene rings is 1. The van der Waals surface area contributed by atoms with E-state index in [4.69, 9.17) is 5.11 Å². The summed E-state index contributed by atoms with van der Waals surface area (Å²) in [5.74, 6) is -0.204. The van der Waals surface area contributed by atoms with Crippen molar-refractivity contribution in [2.75, 3.05) is 11.9 Å². The van der Waals surface area contributed by atoms with Gasteiger partial charge >= 0.3 is 0 Å². The summed E-state index contributed by atoms with van der Waals surface area (Å²) in [4.78, 5) is 23.0. The Bertz CT molecular complexity index is 483. The Morgan fingerprint density at radius 1 is 1.50 bits per heavy atom. The minimum absolute atomic E-state index is 0.00815. The number of anilines is 1. The summed E-state index contributed by atoms with van der Waals surface area (Å²) in [5, 5.41) is 14.5. The number of nitrogens with one attached hydrogen (secondary N) is 2. The molecule has 0 unspecified atom stereocenters. The van der Waals surface area contributed by atoms with Gasteiger partial charge in [0.1, 0.15) is 0 Å². The fraction of sp³-hybridized carbons (Fsp3) is 0.385. The van der Waals surface area contributed by atoms with Gasteiger partial charge < -0.3 is 15.7 Å². The van der Waals surface area contributed by atoms with E-state index in [2.05, 4.69) is 10.6 Å². The van der Waals surface area contributed by atoms with Crippen LogP contribution in [0.15, 0.2) is 18.2 Å². The monoisotopic (exact) mass is 248 g/mol. The Balaban J connectivity index is 2.11. The first-order valence-corrected chi connectivity index (χ1v) is 5.95. The van der Waals surface area contributed by atoms with E-state index in [0.717, 1.165) is 11.3 Å². The molecule has 5 nitrogen and oxygen atoms in total. The highest BCUT2D eigenvalue weighted by Crippen LogP contribution is 2.23. The predicted molar refractivity (Wildman–Crippen MR) is 67.4 cm³/mol. The predicted octanol–water partition coefficient (Wildman–Crippen LogP) is 0.682. The van der Waals surface area contributed by atoms with Crippen molar-refractivity contribution in [2.24, 2.45) is 0 Å². The highest BCUT2D eigenvalue weighted by atomic mass is 16.3. The second-order valence-corrected chi connectivity index (χ2v) is 4.48. The molecule has 1 aliphatic heterocycles. The van der Waals surface area contributed by atoms with Crippen LogP contribution in [-0.2, 0) is 11.2 Å². The summed E-state index contributed by atoms with van der Waals surface area (Å²) in [6, 6.07) is 5.19. The van der Waals surface area contributed by atoms with Crippen molar-refractivity contribution in [1.82, 2.24) is 5.32 Å². The van der Waals surface area contributed by atoms with E-state index in [1.165, 1.54) is 0 Å². The molecule has 0 saturated carbocycles. The van der Waals surface area contributed by atoms with Gasteiger partial charge in [-0.2, -0.15) is 0 Å². The van der Waals surface area contributed by atoms with Crippen molar-refractivity contribution in [2.45, 2.75) is 25.9 Å². The second kappa shape index (κ2) is 5.18. The van der Waals surface area contributed by atoms with Crippen LogP contribution in [0, 0.1) is 0 Å². The van der Waals surface area contributed by atoms with Gasteiger partial charge in [-0.15, -0.1) is 0 Å². The van der Waals surface area contributed by atoms with E-state index >= 15 is 0 Å². The molecule has 3 N–H and O–H groups in total. The summed E-state index contributed by atoms with van der Waals surface area (Å²) in [5.41, 5.74) is 2.29. The number of hydrogen-bond donors (Lipinski definition) is 3. The third kappa shape index (κ3) is 2.87. The fourth-order valence-corrected chi connectivity index (χ4v) is 1.87. The van der Waals surface area contributed by atoms with Gasteiger partial charge in [-0.25, -0.2) is 0 Å². The van der Waals surface area contributed by atoms with Crippen molar-refractivity contribution in [3.05, 3.63) is 29.3 Å². The summed E-state index contributed by atoms with van der Waals surface area (Å²) in [7, 11) is 0. The summed E-state index contributed by atoms with van der Waals surface area (Å²) in [6.07, 6.45) is 0.538. The van der Waals surface area contributed by atoms with Crippen molar-refractivity contribution in [3.63, 3.8) is 0 Å². The van der Waals surface area contributed by atoms with Crippen LogP contribution in [0.3, 0.4) is 0 Å². The molecule has 1 aromatic rings. The largest absolute Gasteiger partial charge is 0.392 e. The van der Waals surface area contributed by atoms with Gasteiger partial charge in [-0.1, -0.05) is 0 Å². The third-order valence-corrected chi connectivity index (χ3v) is 2.82. The lowest BCUT2D eigenvalue weighted by atomic mass is 10.00. The molecule has 0 fully saturated rings. The number of aryl methyl sites for hydroxylation is 1. The van der Waals surface area contributed by atoms with Crippen molar-refractivity contribution in [3.8, 4) is 0 Å². The minimum atomic E-state index is -0.564. The third-order valence-electron chi connectivity index (χ3n) is 2.82. The molecule has 0 aromatic heterocycles. The fourth-order valence-electron chi connectivity index (χ4n) is 1.87. The van der Waals surface area contributed by atoms with E-state index in [9.17, 15) is 9.59 Å². The first kappa shape index (κ1) is 12.6. The smallest absolute Gasteiger partial charge is 0.251 e. The summed E-state index contributed by atoms with van der Waals surface area (Å²) < 4.78 is 0. The normalized spacial score (nSPS) is 15.6. The van der Waals surface area contributed by atoms with Crippen molar-refractivity contribution >= 4 is 17.5 Å². The standard InChI is InChI=1S/C13H16N2O3/c1-8(16)7-14-13(18)10-2-4-11-9(6-10)3-5-12(17)15-11/h2,4,6,8,16H,3,5,7H2,1H3,(H,14,18)(H,15,17)/t8-/m0/s1. The quantitative estimate of drug-likeness (QED) is 0.736. The Morgan fingerprint density at radius 2 is 2.28 bits per heavy atom. The van der Waals surface area contributed by atoms with E-state index in [1.54, 1.807) is 25.1 Å². The molecular weight excluding hydrogens is 232 g/mol. The molecule has 96 valence electrons. The van der Waals surface area contributed by atoms with Crippen LogP contribution in [0.2, 0.25) is 0 Å². The molecule has 5 heteroatoms. The molecule has 0 saturated heterocycles. The molecule has 1 atom stereocenters. The van der Waals surface area contributed by atoms with E-state index in [1.807, 2.05) is 0 Å².